The number of hydrogen-bond acceptors (Lipinski definition) is 5. The molecule has 0 fully saturated rings. The van der Waals surface area contributed by atoms with Crippen LogP contribution in [0.1, 0.15) is 5.56 Å². The van der Waals surface area contributed by atoms with Crippen LogP contribution in [0.4, 0.5) is 10.5 Å². The third kappa shape index (κ3) is 4.64. The van der Waals surface area contributed by atoms with Gasteiger partial charge in [-0.1, -0.05) is 12.1 Å². The molecule has 1 aromatic carbocycles. The number of carbonyl (C=O) groups excluding carboxylic acids is 1. The maximum Gasteiger partial charge on any atom is 0.415 e. The van der Waals surface area contributed by atoms with Crippen LogP contribution in [0.3, 0.4) is 0 Å². The lowest BCUT2D eigenvalue weighted by atomic mass is 10.1. The summed E-state index contributed by atoms with van der Waals surface area (Å²) >= 11 is 0. The third-order valence-electron chi connectivity index (χ3n) is 2.87. The van der Waals surface area contributed by atoms with Gasteiger partial charge in [0.05, 0.1) is 18.2 Å². The van der Waals surface area contributed by atoms with Gasteiger partial charge < -0.3 is 9.64 Å². The molecule has 8 heteroatoms. The molecule has 0 aromatic heterocycles. The van der Waals surface area contributed by atoms with E-state index in [0.717, 1.165) is 5.56 Å². The Morgan fingerprint density at radius 2 is 2.00 bits per heavy atom. The minimum atomic E-state index is -0.444. The van der Waals surface area contributed by atoms with Gasteiger partial charge in [-0.05, 0) is 5.56 Å². The van der Waals surface area contributed by atoms with E-state index < -0.39 is 11.0 Å². The van der Waals surface area contributed by atoms with Crippen molar-refractivity contribution in [1.82, 2.24) is 9.80 Å². The number of nitro benzene ring substituents is 1. The number of non-ortho nitro benzene ring substituents is 1. The molecule has 1 amide bonds. The van der Waals surface area contributed by atoms with Crippen LogP contribution in [0.2, 0.25) is 0 Å². The van der Waals surface area contributed by atoms with Crippen molar-refractivity contribution in [2.75, 3.05) is 20.3 Å². The van der Waals surface area contributed by atoms with E-state index in [1.807, 2.05) is 11.9 Å². The maximum absolute atomic E-state index is 11.7. The van der Waals surface area contributed by atoms with Gasteiger partial charge in [0, 0.05) is 38.0 Å². The predicted octanol–water partition coefficient (Wildman–Crippen LogP) is 2.37. The standard InChI is InChI=1S/C13H15N3O4.ClH/c1-14-7-8-15(10-14)13(17)20-9-6-11-2-4-12(5-3-11)16(18)19;/h2-5,7-8H,6,9-10H2,1H3;1H. The van der Waals surface area contributed by atoms with Crippen LogP contribution in [-0.2, 0) is 11.2 Å². The fourth-order valence-electron chi connectivity index (χ4n) is 1.77. The van der Waals surface area contributed by atoms with E-state index in [0.29, 0.717) is 13.1 Å². The normalized spacial score (nSPS) is 13.0. The molecule has 0 saturated carbocycles. The molecule has 0 aliphatic carbocycles. The summed E-state index contributed by atoms with van der Waals surface area (Å²) in [7, 11) is 1.86. The predicted molar refractivity (Wildman–Crippen MR) is 79.0 cm³/mol. The van der Waals surface area contributed by atoms with E-state index >= 15 is 0 Å². The Morgan fingerprint density at radius 3 is 2.52 bits per heavy atom. The summed E-state index contributed by atoms with van der Waals surface area (Å²) < 4.78 is 5.13. The fraction of sp³-hybridized carbons (Fsp3) is 0.308. The van der Waals surface area contributed by atoms with Gasteiger partial charge in [0.15, 0.2) is 0 Å². The van der Waals surface area contributed by atoms with Crippen LogP contribution in [0, 0.1) is 10.1 Å². The molecule has 2 rings (SSSR count). The lowest BCUT2D eigenvalue weighted by Gasteiger charge is -2.16. The highest BCUT2D eigenvalue weighted by Gasteiger charge is 2.17. The zero-order valence-electron chi connectivity index (χ0n) is 11.5. The summed E-state index contributed by atoms with van der Waals surface area (Å²) in [6.07, 6.45) is 3.58. The zero-order chi connectivity index (χ0) is 14.5. The van der Waals surface area contributed by atoms with Gasteiger partial charge >= 0.3 is 6.09 Å². The Bertz CT molecular complexity index is 533. The monoisotopic (exact) mass is 313 g/mol. The summed E-state index contributed by atoms with van der Waals surface area (Å²) in [4.78, 5) is 25.1. The summed E-state index contributed by atoms with van der Waals surface area (Å²) in [5, 5.41) is 10.5. The molecule has 0 unspecified atom stereocenters. The highest BCUT2D eigenvalue weighted by molar-refractivity contribution is 5.85. The fourth-order valence-corrected chi connectivity index (χ4v) is 1.77. The van der Waals surface area contributed by atoms with Gasteiger partial charge in [0.2, 0.25) is 0 Å². The summed E-state index contributed by atoms with van der Waals surface area (Å²) in [5.74, 6) is 0. The Kier molecular flexibility index (Phi) is 5.98. The van der Waals surface area contributed by atoms with Crippen LogP contribution in [-0.4, -0.2) is 41.1 Å². The molecule has 0 spiro atoms. The van der Waals surface area contributed by atoms with Crippen molar-refractivity contribution >= 4 is 24.2 Å². The Balaban J connectivity index is 0.00000220. The molecule has 0 saturated heterocycles. The number of amides is 1. The van der Waals surface area contributed by atoms with Gasteiger partial charge in [-0.3, -0.25) is 15.0 Å². The SMILES string of the molecule is CN1C=CN(C(=O)OCCc2ccc([N+](=O)[O-])cc2)C1.Cl. The molecule has 0 atom stereocenters. The van der Waals surface area contributed by atoms with Crippen molar-refractivity contribution in [1.29, 1.82) is 0 Å². The minimum absolute atomic E-state index is 0. The molecular weight excluding hydrogens is 298 g/mol. The molecule has 1 heterocycles. The highest BCUT2D eigenvalue weighted by atomic mass is 35.5. The molecule has 0 radical (unpaired) electrons. The first-order valence-corrected chi connectivity index (χ1v) is 6.11. The summed E-state index contributed by atoms with van der Waals surface area (Å²) in [5.41, 5.74) is 0.938. The number of rotatable bonds is 4. The minimum Gasteiger partial charge on any atom is -0.449 e. The Labute approximate surface area is 128 Å². The van der Waals surface area contributed by atoms with E-state index in [1.54, 1.807) is 24.5 Å². The third-order valence-corrected chi connectivity index (χ3v) is 2.87. The number of nitrogens with zero attached hydrogens (tertiary/aromatic N) is 3. The molecule has 1 aliphatic rings. The first kappa shape index (κ1) is 16.8. The summed E-state index contributed by atoms with van der Waals surface area (Å²) in [6, 6.07) is 6.20. The van der Waals surface area contributed by atoms with E-state index in [9.17, 15) is 14.9 Å². The van der Waals surface area contributed by atoms with Crippen LogP contribution >= 0.6 is 12.4 Å². The molecular formula is C13H16ClN3O4. The van der Waals surface area contributed by atoms with Crippen molar-refractivity contribution in [3.8, 4) is 0 Å². The largest absolute Gasteiger partial charge is 0.449 e. The van der Waals surface area contributed by atoms with Gasteiger partial charge in [0.25, 0.3) is 5.69 Å². The van der Waals surface area contributed by atoms with Crippen LogP contribution in [0.5, 0.6) is 0 Å². The number of ether oxygens (including phenoxy) is 1. The average Bonchev–Trinajstić information content (AvgIpc) is 2.86. The molecule has 21 heavy (non-hydrogen) atoms. The van der Waals surface area contributed by atoms with Crippen molar-refractivity contribution < 1.29 is 14.5 Å². The Morgan fingerprint density at radius 1 is 1.33 bits per heavy atom. The maximum atomic E-state index is 11.7. The Hall–Kier alpha value is -2.28. The van der Waals surface area contributed by atoms with E-state index in [4.69, 9.17) is 4.74 Å². The van der Waals surface area contributed by atoms with E-state index in [1.165, 1.54) is 17.0 Å². The smallest absolute Gasteiger partial charge is 0.415 e. The molecule has 1 aromatic rings. The van der Waals surface area contributed by atoms with Crippen molar-refractivity contribution in [3.63, 3.8) is 0 Å². The second-order valence-corrected chi connectivity index (χ2v) is 4.45. The van der Waals surface area contributed by atoms with Gasteiger partial charge in [0.1, 0.15) is 0 Å². The molecule has 0 bridgehead atoms. The quantitative estimate of drug-likeness (QED) is 0.630. The molecule has 1 aliphatic heterocycles. The average molecular weight is 314 g/mol. The van der Waals surface area contributed by atoms with Crippen molar-refractivity contribution in [2.24, 2.45) is 0 Å². The first-order chi connectivity index (χ1) is 9.56. The van der Waals surface area contributed by atoms with E-state index in [2.05, 4.69) is 0 Å². The molecule has 114 valence electrons. The second-order valence-electron chi connectivity index (χ2n) is 4.45. The number of carbonyl (C=O) groups is 1. The van der Waals surface area contributed by atoms with Crippen molar-refractivity contribution in [2.45, 2.75) is 6.42 Å². The number of benzene rings is 1. The van der Waals surface area contributed by atoms with Crippen LogP contribution in [0.25, 0.3) is 0 Å². The van der Waals surface area contributed by atoms with Gasteiger partial charge in [-0.15, -0.1) is 12.4 Å². The molecule has 7 nitrogen and oxygen atoms in total. The topological polar surface area (TPSA) is 75.9 Å². The first-order valence-electron chi connectivity index (χ1n) is 6.11. The lowest BCUT2D eigenvalue weighted by Crippen LogP contribution is -2.29. The zero-order valence-corrected chi connectivity index (χ0v) is 12.3. The second kappa shape index (κ2) is 7.49. The molecule has 0 N–H and O–H groups in total. The lowest BCUT2D eigenvalue weighted by molar-refractivity contribution is -0.384. The van der Waals surface area contributed by atoms with Crippen LogP contribution in [0.15, 0.2) is 36.7 Å². The van der Waals surface area contributed by atoms with E-state index in [-0.39, 0.29) is 24.7 Å². The van der Waals surface area contributed by atoms with Gasteiger partial charge in [-0.2, -0.15) is 0 Å². The number of halogens is 1. The van der Waals surface area contributed by atoms with Crippen molar-refractivity contribution in [3.05, 3.63) is 52.3 Å². The summed E-state index contributed by atoms with van der Waals surface area (Å²) in [6.45, 7) is 0.723. The number of nitro groups is 1. The number of hydrogen-bond donors (Lipinski definition) is 0. The van der Waals surface area contributed by atoms with Crippen LogP contribution < -0.4 is 0 Å². The highest BCUT2D eigenvalue weighted by Crippen LogP contribution is 2.12. The van der Waals surface area contributed by atoms with Gasteiger partial charge in [-0.25, -0.2) is 4.79 Å².